The number of hydrogen-bond acceptors (Lipinski definition) is 3. The second-order valence-corrected chi connectivity index (χ2v) is 4.02. The first-order chi connectivity index (χ1) is 6.90. The minimum Gasteiger partial charge on any atom is -0.341 e. The summed E-state index contributed by atoms with van der Waals surface area (Å²) in [5, 5.41) is 5.18. The van der Waals surface area contributed by atoms with Gasteiger partial charge in [0.05, 0.1) is 16.8 Å². The molecule has 0 aliphatic carbocycles. The largest absolute Gasteiger partial charge is 0.341 e. The van der Waals surface area contributed by atoms with Gasteiger partial charge < -0.3 is 10.3 Å². The number of thiophene rings is 1. The van der Waals surface area contributed by atoms with Gasteiger partial charge in [-0.1, -0.05) is 6.07 Å². The molecule has 14 heavy (non-hydrogen) atoms. The van der Waals surface area contributed by atoms with Crippen LogP contribution in [0.25, 0.3) is 10.6 Å². The van der Waals surface area contributed by atoms with E-state index in [9.17, 15) is 0 Å². The number of likely N-dealkylation sites (N-methyl/N-ethyl adjacent to an activating group) is 1. The first-order valence-electron chi connectivity index (χ1n) is 4.62. The first-order valence-corrected chi connectivity index (χ1v) is 5.50. The van der Waals surface area contributed by atoms with Crippen molar-refractivity contribution in [3.05, 3.63) is 29.5 Å². The Labute approximate surface area is 87.2 Å². The maximum atomic E-state index is 4.32. The van der Waals surface area contributed by atoms with Crippen LogP contribution in [0.4, 0.5) is 0 Å². The molecule has 0 atom stereocenters. The monoisotopic (exact) mass is 207 g/mol. The first kappa shape index (κ1) is 9.43. The summed E-state index contributed by atoms with van der Waals surface area (Å²) in [6.45, 7) is 0.956. The van der Waals surface area contributed by atoms with E-state index in [0.717, 1.165) is 24.5 Å². The Morgan fingerprint density at radius 2 is 2.50 bits per heavy atom. The summed E-state index contributed by atoms with van der Waals surface area (Å²) in [7, 11) is 1.95. The van der Waals surface area contributed by atoms with E-state index < -0.39 is 0 Å². The summed E-state index contributed by atoms with van der Waals surface area (Å²) in [6, 6.07) is 4.15. The third-order valence-corrected chi connectivity index (χ3v) is 2.93. The molecule has 2 heterocycles. The van der Waals surface area contributed by atoms with Gasteiger partial charge in [-0.2, -0.15) is 0 Å². The Kier molecular flexibility index (Phi) is 2.96. The van der Waals surface area contributed by atoms with Gasteiger partial charge >= 0.3 is 0 Å². The van der Waals surface area contributed by atoms with Crippen LogP contribution < -0.4 is 5.32 Å². The lowest BCUT2D eigenvalue weighted by molar-refractivity contribution is 0.764. The van der Waals surface area contributed by atoms with Gasteiger partial charge in [-0.25, -0.2) is 4.98 Å². The van der Waals surface area contributed by atoms with Crippen LogP contribution in [-0.2, 0) is 6.42 Å². The molecule has 0 radical (unpaired) electrons. The summed E-state index contributed by atoms with van der Waals surface area (Å²) < 4.78 is 0. The van der Waals surface area contributed by atoms with Crippen molar-refractivity contribution in [2.45, 2.75) is 6.42 Å². The number of aromatic nitrogens is 2. The maximum absolute atomic E-state index is 4.32. The van der Waals surface area contributed by atoms with E-state index in [1.807, 2.05) is 19.3 Å². The lowest BCUT2D eigenvalue weighted by Crippen LogP contribution is -2.10. The molecule has 3 nitrogen and oxygen atoms in total. The van der Waals surface area contributed by atoms with Crippen molar-refractivity contribution in [2.24, 2.45) is 0 Å². The molecule has 0 saturated heterocycles. The molecule has 0 aromatic carbocycles. The highest BCUT2D eigenvalue weighted by atomic mass is 32.1. The molecule has 0 fully saturated rings. The van der Waals surface area contributed by atoms with Gasteiger partial charge in [0.2, 0.25) is 0 Å². The van der Waals surface area contributed by atoms with Crippen molar-refractivity contribution in [1.82, 2.24) is 15.3 Å². The van der Waals surface area contributed by atoms with E-state index in [4.69, 9.17) is 0 Å². The highest BCUT2D eigenvalue weighted by Crippen LogP contribution is 2.22. The van der Waals surface area contributed by atoms with Gasteiger partial charge in [0.1, 0.15) is 5.82 Å². The lowest BCUT2D eigenvalue weighted by Gasteiger charge is -1.94. The summed E-state index contributed by atoms with van der Waals surface area (Å²) >= 11 is 1.73. The van der Waals surface area contributed by atoms with Gasteiger partial charge in [-0.15, -0.1) is 11.3 Å². The van der Waals surface area contributed by atoms with Crippen molar-refractivity contribution in [3.63, 3.8) is 0 Å². The SMILES string of the molecule is CNCCc1ncc(-c2cccs2)[nH]1. The molecule has 0 amide bonds. The zero-order valence-electron chi connectivity index (χ0n) is 8.08. The number of H-pyrrole nitrogens is 1. The third kappa shape index (κ3) is 2.02. The minimum atomic E-state index is 0.946. The van der Waals surface area contributed by atoms with Gasteiger partial charge in [-0.05, 0) is 18.5 Å². The predicted octanol–water partition coefficient (Wildman–Crippen LogP) is 1.90. The molecule has 0 saturated carbocycles. The van der Waals surface area contributed by atoms with Gasteiger partial charge in [0, 0.05) is 13.0 Å². The molecule has 0 aliphatic rings. The van der Waals surface area contributed by atoms with Crippen LogP contribution in [0, 0.1) is 0 Å². The van der Waals surface area contributed by atoms with Crippen molar-refractivity contribution in [2.75, 3.05) is 13.6 Å². The van der Waals surface area contributed by atoms with Crippen LogP contribution in [-0.4, -0.2) is 23.6 Å². The number of hydrogen-bond donors (Lipinski definition) is 2. The second-order valence-electron chi connectivity index (χ2n) is 3.07. The van der Waals surface area contributed by atoms with Gasteiger partial charge in [0.15, 0.2) is 0 Å². The fourth-order valence-corrected chi connectivity index (χ4v) is 1.98. The fourth-order valence-electron chi connectivity index (χ4n) is 1.29. The molecular formula is C10H13N3S. The van der Waals surface area contributed by atoms with Gasteiger partial charge in [-0.3, -0.25) is 0 Å². The molecule has 0 aliphatic heterocycles. The van der Waals surface area contributed by atoms with Crippen LogP contribution >= 0.6 is 11.3 Å². The summed E-state index contributed by atoms with van der Waals surface area (Å²) in [5.41, 5.74) is 1.12. The van der Waals surface area contributed by atoms with Crippen LogP contribution in [0.5, 0.6) is 0 Å². The van der Waals surface area contributed by atoms with Crippen molar-refractivity contribution < 1.29 is 0 Å². The Balaban J connectivity index is 2.10. The fraction of sp³-hybridized carbons (Fsp3) is 0.300. The average molecular weight is 207 g/mol. The van der Waals surface area contributed by atoms with Crippen molar-refractivity contribution >= 4 is 11.3 Å². The van der Waals surface area contributed by atoms with E-state index in [2.05, 4.69) is 26.7 Å². The van der Waals surface area contributed by atoms with E-state index in [1.165, 1.54) is 4.88 Å². The van der Waals surface area contributed by atoms with Crippen molar-refractivity contribution in [3.8, 4) is 10.6 Å². The molecule has 2 rings (SSSR count). The number of imidazole rings is 1. The topological polar surface area (TPSA) is 40.7 Å². The molecular weight excluding hydrogens is 194 g/mol. The van der Waals surface area contributed by atoms with Crippen LogP contribution in [0.1, 0.15) is 5.82 Å². The Bertz CT molecular complexity index is 378. The number of nitrogens with zero attached hydrogens (tertiary/aromatic N) is 1. The maximum Gasteiger partial charge on any atom is 0.107 e. The minimum absolute atomic E-state index is 0.946. The zero-order valence-corrected chi connectivity index (χ0v) is 8.90. The molecule has 0 bridgehead atoms. The number of nitrogens with one attached hydrogen (secondary N) is 2. The number of aromatic amines is 1. The van der Waals surface area contributed by atoms with E-state index in [0.29, 0.717) is 0 Å². The molecule has 0 unspecified atom stereocenters. The second kappa shape index (κ2) is 4.39. The summed E-state index contributed by atoms with van der Waals surface area (Å²) in [6.07, 6.45) is 2.85. The molecule has 74 valence electrons. The Morgan fingerprint density at radius 1 is 1.57 bits per heavy atom. The highest BCUT2D eigenvalue weighted by Gasteiger charge is 2.02. The molecule has 2 aromatic heterocycles. The molecule has 0 spiro atoms. The van der Waals surface area contributed by atoms with E-state index in [-0.39, 0.29) is 0 Å². The Hall–Kier alpha value is -1.13. The lowest BCUT2D eigenvalue weighted by atomic mass is 10.4. The van der Waals surface area contributed by atoms with E-state index >= 15 is 0 Å². The molecule has 2 aromatic rings. The molecule has 2 N–H and O–H groups in total. The highest BCUT2D eigenvalue weighted by molar-refractivity contribution is 7.13. The number of rotatable bonds is 4. The quantitative estimate of drug-likeness (QED) is 0.804. The summed E-state index contributed by atoms with van der Waals surface area (Å²) in [5.74, 6) is 1.04. The van der Waals surface area contributed by atoms with Crippen LogP contribution in [0.15, 0.2) is 23.7 Å². The average Bonchev–Trinajstić information content (AvgIpc) is 2.85. The molecule has 4 heteroatoms. The van der Waals surface area contributed by atoms with Crippen LogP contribution in [0.3, 0.4) is 0 Å². The van der Waals surface area contributed by atoms with Crippen molar-refractivity contribution in [1.29, 1.82) is 0 Å². The normalized spacial score (nSPS) is 10.6. The third-order valence-electron chi connectivity index (χ3n) is 2.03. The van der Waals surface area contributed by atoms with E-state index in [1.54, 1.807) is 11.3 Å². The summed E-state index contributed by atoms with van der Waals surface area (Å²) in [4.78, 5) is 8.87. The standard InChI is InChI=1S/C10H13N3S/c1-11-5-4-10-12-7-8(13-10)9-3-2-6-14-9/h2-3,6-7,11H,4-5H2,1H3,(H,12,13). The van der Waals surface area contributed by atoms with Crippen LogP contribution in [0.2, 0.25) is 0 Å². The smallest absolute Gasteiger partial charge is 0.107 e. The zero-order chi connectivity index (χ0) is 9.80. The predicted molar refractivity (Wildman–Crippen MR) is 59.5 cm³/mol. The van der Waals surface area contributed by atoms with Gasteiger partial charge in [0.25, 0.3) is 0 Å². The Morgan fingerprint density at radius 3 is 3.21 bits per heavy atom.